The van der Waals surface area contributed by atoms with Crippen molar-refractivity contribution in [3.05, 3.63) is 77.9 Å². The van der Waals surface area contributed by atoms with E-state index in [2.05, 4.69) is 4.98 Å². The minimum Gasteiger partial charge on any atom is -0.507 e. The van der Waals surface area contributed by atoms with Crippen molar-refractivity contribution in [2.75, 3.05) is 20.8 Å². The van der Waals surface area contributed by atoms with Gasteiger partial charge in [0.25, 0.3) is 11.7 Å². The van der Waals surface area contributed by atoms with Crippen LogP contribution in [0.2, 0.25) is 0 Å². The molecule has 1 unspecified atom stereocenters. The highest BCUT2D eigenvalue weighted by molar-refractivity contribution is 6.46. The standard InChI is InChI=1S/C25H25N3O6/c1-33-18-7-4-16(5-8-18)23(30)21-22(17-6-9-19(29)20(14-17)34-2)28(25(32)24(21)31)12-3-11-27-13-10-26-15-27/h4-10,13-15,22,29-30H,3,11-12H2,1-2H3. The minimum atomic E-state index is -0.848. The first kappa shape index (κ1) is 22.9. The number of rotatable bonds is 8. The molecule has 176 valence electrons. The van der Waals surface area contributed by atoms with Crippen molar-refractivity contribution in [2.24, 2.45) is 0 Å². The molecule has 9 nitrogen and oxygen atoms in total. The zero-order valence-corrected chi connectivity index (χ0v) is 18.8. The third-order valence-corrected chi connectivity index (χ3v) is 5.80. The first-order chi connectivity index (χ1) is 16.4. The topological polar surface area (TPSA) is 114 Å². The van der Waals surface area contributed by atoms with Crippen LogP contribution in [-0.2, 0) is 16.1 Å². The minimum absolute atomic E-state index is 0.0226. The number of amides is 1. The molecule has 2 aromatic carbocycles. The highest BCUT2D eigenvalue weighted by atomic mass is 16.5. The lowest BCUT2D eigenvalue weighted by molar-refractivity contribution is -0.139. The summed E-state index contributed by atoms with van der Waals surface area (Å²) in [6, 6.07) is 10.3. The van der Waals surface area contributed by atoms with Crippen LogP contribution in [-0.4, -0.2) is 57.1 Å². The van der Waals surface area contributed by atoms with Crippen molar-refractivity contribution in [1.29, 1.82) is 0 Å². The lowest BCUT2D eigenvalue weighted by Gasteiger charge is -2.26. The van der Waals surface area contributed by atoms with Crippen molar-refractivity contribution in [3.8, 4) is 17.2 Å². The molecule has 1 fully saturated rings. The number of ketones is 1. The molecule has 1 atom stereocenters. The van der Waals surface area contributed by atoms with E-state index in [1.54, 1.807) is 48.9 Å². The van der Waals surface area contributed by atoms with Crippen LogP contribution < -0.4 is 9.47 Å². The van der Waals surface area contributed by atoms with E-state index in [1.807, 2.05) is 10.8 Å². The smallest absolute Gasteiger partial charge is 0.295 e. The number of methoxy groups -OCH3 is 2. The predicted molar refractivity (Wildman–Crippen MR) is 124 cm³/mol. The van der Waals surface area contributed by atoms with Gasteiger partial charge in [0.2, 0.25) is 0 Å². The second-order valence-electron chi connectivity index (χ2n) is 7.81. The van der Waals surface area contributed by atoms with E-state index in [4.69, 9.17) is 9.47 Å². The fourth-order valence-electron chi connectivity index (χ4n) is 4.07. The average molecular weight is 463 g/mol. The largest absolute Gasteiger partial charge is 0.507 e. The van der Waals surface area contributed by atoms with E-state index in [0.29, 0.717) is 29.8 Å². The number of hydrogen-bond donors (Lipinski definition) is 2. The van der Waals surface area contributed by atoms with Gasteiger partial charge in [-0.1, -0.05) is 6.07 Å². The maximum Gasteiger partial charge on any atom is 0.295 e. The maximum atomic E-state index is 13.1. The lowest BCUT2D eigenvalue weighted by Crippen LogP contribution is -2.31. The van der Waals surface area contributed by atoms with Crippen LogP contribution in [0.25, 0.3) is 5.76 Å². The van der Waals surface area contributed by atoms with Crippen LogP contribution in [0.3, 0.4) is 0 Å². The van der Waals surface area contributed by atoms with Gasteiger partial charge in [0.1, 0.15) is 11.5 Å². The Morgan fingerprint density at radius 1 is 1.06 bits per heavy atom. The van der Waals surface area contributed by atoms with Crippen LogP contribution in [0.15, 0.2) is 66.8 Å². The Balaban J connectivity index is 1.76. The summed E-state index contributed by atoms with van der Waals surface area (Å²) in [6.45, 7) is 0.878. The number of benzene rings is 2. The summed E-state index contributed by atoms with van der Waals surface area (Å²) in [5.74, 6) is -1.03. The highest BCUT2D eigenvalue weighted by Gasteiger charge is 2.46. The number of likely N-dealkylation sites (tertiary alicyclic amines) is 1. The van der Waals surface area contributed by atoms with Gasteiger partial charge in [-0.05, 0) is 48.4 Å². The van der Waals surface area contributed by atoms with Crippen LogP contribution in [0.5, 0.6) is 17.2 Å². The summed E-state index contributed by atoms with van der Waals surface area (Å²) >= 11 is 0. The molecule has 1 amide bonds. The Bertz CT molecular complexity index is 1220. The van der Waals surface area contributed by atoms with Gasteiger partial charge in [0.05, 0.1) is 32.2 Å². The van der Waals surface area contributed by atoms with Gasteiger partial charge in [-0.15, -0.1) is 0 Å². The summed E-state index contributed by atoms with van der Waals surface area (Å²) in [5.41, 5.74) is 0.894. The molecule has 1 saturated heterocycles. The number of imidazole rings is 1. The fraction of sp³-hybridized carbons (Fsp3) is 0.240. The van der Waals surface area contributed by atoms with Crippen LogP contribution in [0, 0.1) is 0 Å². The molecule has 0 bridgehead atoms. The van der Waals surface area contributed by atoms with Crippen LogP contribution >= 0.6 is 0 Å². The first-order valence-electron chi connectivity index (χ1n) is 10.7. The van der Waals surface area contributed by atoms with E-state index >= 15 is 0 Å². The van der Waals surface area contributed by atoms with E-state index in [0.717, 1.165) is 0 Å². The number of ether oxygens (including phenoxy) is 2. The average Bonchev–Trinajstić information content (AvgIpc) is 3.46. The number of aromatic nitrogens is 2. The zero-order valence-electron chi connectivity index (χ0n) is 18.8. The summed E-state index contributed by atoms with van der Waals surface area (Å²) < 4.78 is 12.3. The number of aromatic hydroxyl groups is 1. The molecule has 2 N–H and O–H groups in total. The second-order valence-corrected chi connectivity index (χ2v) is 7.81. The van der Waals surface area contributed by atoms with Gasteiger partial charge < -0.3 is 29.2 Å². The normalized spacial score (nSPS) is 17.2. The summed E-state index contributed by atoms with van der Waals surface area (Å²) in [6.07, 6.45) is 5.74. The molecule has 0 spiro atoms. The highest BCUT2D eigenvalue weighted by Crippen LogP contribution is 2.41. The number of nitrogens with zero attached hydrogens (tertiary/aromatic N) is 3. The van der Waals surface area contributed by atoms with E-state index < -0.39 is 17.7 Å². The molecule has 1 aliphatic rings. The van der Waals surface area contributed by atoms with Crippen molar-refractivity contribution in [2.45, 2.75) is 19.0 Å². The van der Waals surface area contributed by atoms with Gasteiger partial charge in [-0.3, -0.25) is 9.59 Å². The number of aliphatic hydroxyl groups is 1. The van der Waals surface area contributed by atoms with Gasteiger partial charge in [0.15, 0.2) is 11.5 Å². The van der Waals surface area contributed by atoms with Gasteiger partial charge in [-0.2, -0.15) is 0 Å². The molecule has 2 heterocycles. The predicted octanol–water partition coefficient (Wildman–Crippen LogP) is 3.12. The van der Waals surface area contributed by atoms with Crippen molar-refractivity contribution < 1.29 is 29.3 Å². The number of carbonyl (C=O) groups is 2. The Labute approximate surface area is 196 Å². The number of phenolic OH excluding ortho intramolecular Hbond substituents is 1. The number of carbonyl (C=O) groups excluding carboxylic acids is 2. The monoisotopic (exact) mass is 463 g/mol. The third-order valence-electron chi connectivity index (χ3n) is 5.80. The number of phenols is 1. The van der Waals surface area contributed by atoms with Gasteiger partial charge >= 0.3 is 0 Å². The SMILES string of the molecule is COc1ccc(C(O)=C2C(=O)C(=O)N(CCCn3ccnc3)C2c2ccc(O)c(OC)c2)cc1. The van der Waals surface area contributed by atoms with E-state index in [-0.39, 0.29) is 29.4 Å². The zero-order chi connectivity index (χ0) is 24.2. The molecule has 1 aliphatic heterocycles. The Morgan fingerprint density at radius 3 is 2.47 bits per heavy atom. The molecule has 0 radical (unpaired) electrons. The summed E-state index contributed by atoms with van der Waals surface area (Å²) in [5, 5.41) is 21.2. The molecular weight excluding hydrogens is 438 g/mol. The van der Waals surface area contributed by atoms with Crippen molar-refractivity contribution in [3.63, 3.8) is 0 Å². The fourth-order valence-corrected chi connectivity index (χ4v) is 4.07. The third kappa shape index (κ3) is 4.32. The van der Waals surface area contributed by atoms with Gasteiger partial charge in [0, 0.05) is 31.0 Å². The molecule has 0 aliphatic carbocycles. The lowest BCUT2D eigenvalue weighted by atomic mass is 9.95. The molecule has 34 heavy (non-hydrogen) atoms. The Hall–Kier alpha value is -4.27. The van der Waals surface area contributed by atoms with Gasteiger partial charge in [-0.25, -0.2) is 4.98 Å². The number of aryl methyl sites for hydroxylation is 1. The summed E-state index contributed by atoms with van der Waals surface area (Å²) in [4.78, 5) is 31.6. The molecule has 9 heteroatoms. The van der Waals surface area contributed by atoms with Crippen LogP contribution in [0.4, 0.5) is 0 Å². The number of hydrogen-bond acceptors (Lipinski definition) is 7. The second kappa shape index (κ2) is 9.70. The van der Waals surface area contributed by atoms with E-state index in [9.17, 15) is 19.8 Å². The van der Waals surface area contributed by atoms with Crippen molar-refractivity contribution in [1.82, 2.24) is 14.5 Å². The van der Waals surface area contributed by atoms with Crippen molar-refractivity contribution >= 4 is 17.4 Å². The number of Topliss-reactive ketones (excluding diaryl/α,β-unsaturated/α-hetero) is 1. The summed E-state index contributed by atoms with van der Waals surface area (Å²) in [7, 11) is 2.95. The number of aliphatic hydroxyl groups excluding tert-OH is 1. The molecule has 1 aromatic heterocycles. The Morgan fingerprint density at radius 2 is 1.82 bits per heavy atom. The van der Waals surface area contributed by atoms with Crippen LogP contribution in [0.1, 0.15) is 23.6 Å². The Kier molecular flexibility index (Phi) is 6.53. The molecule has 0 saturated carbocycles. The molecular formula is C25H25N3O6. The first-order valence-corrected chi connectivity index (χ1v) is 10.7. The quantitative estimate of drug-likeness (QED) is 0.300. The molecule has 3 aromatic rings. The maximum absolute atomic E-state index is 13.1. The van der Waals surface area contributed by atoms with E-state index in [1.165, 1.54) is 25.2 Å². The molecule has 4 rings (SSSR count).